The molecule has 1 heterocycles. The van der Waals surface area contributed by atoms with Gasteiger partial charge in [0.2, 0.25) is 0 Å². The standard InChI is InChI=1S/C18H27NO2/c1-13(2)19-10-11-21-17(12-19)18(20)16-8-6-15(7-9-16)14-4-3-5-14/h6-9,13-14,17-18,20H,3-5,10-12H2,1-2H3. The van der Waals surface area contributed by atoms with E-state index in [1.54, 1.807) is 0 Å². The molecule has 1 saturated heterocycles. The second-order valence-electron chi connectivity index (χ2n) is 6.74. The Balaban J connectivity index is 1.65. The first-order valence-electron chi connectivity index (χ1n) is 8.28. The molecule has 0 bridgehead atoms. The molecule has 0 amide bonds. The van der Waals surface area contributed by atoms with Gasteiger partial charge in [-0.1, -0.05) is 30.7 Å². The van der Waals surface area contributed by atoms with Crippen molar-refractivity contribution < 1.29 is 9.84 Å². The minimum atomic E-state index is -0.526. The second-order valence-corrected chi connectivity index (χ2v) is 6.74. The van der Waals surface area contributed by atoms with Gasteiger partial charge in [0.1, 0.15) is 12.2 Å². The van der Waals surface area contributed by atoms with Gasteiger partial charge >= 0.3 is 0 Å². The van der Waals surface area contributed by atoms with Crippen LogP contribution in [0.2, 0.25) is 0 Å². The Bertz CT molecular complexity index is 453. The predicted octanol–water partition coefficient (Wildman–Crippen LogP) is 3.10. The van der Waals surface area contributed by atoms with Crippen LogP contribution in [0.15, 0.2) is 24.3 Å². The maximum atomic E-state index is 10.6. The molecule has 2 fully saturated rings. The molecule has 0 spiro atoms. The summed E-state index contributed by atoms with van der Waals surface area (Å²) in [4.78, 5) is 2.38. The fourth-order valence-electron chi connectivity index (χ4n) is 3.28. The van der Waals surface area contributed by atoms with E-state index in [1.165, 1.54) is 24.8 Å². The summed E-state index contributed by atoms with van der Waals surface area (Å²) in [5.74, 6) is 0.749. The van der Waals surface area contributed by atoms with Crippen LogP contribution in [0, 0.1) is 0 Å². The lowest BCUT2D eigenvalue weighted by molar-refractivity contribution is -0.0961. The van der Waals surface area contributed by atoms with E-state index in [9.17, 15) is 5.11 Å². The molecule has 116 valence electrons. The smallest absolute Gasteiger partial charge is 0.106 e. The van der Waals surface area contributed by atoms with E-state index >= 15 is 0 Å². The summed E-state index contributed by atoms with van der Waals surface area (Å²) in [5.41, 5.74) is 2.40. The third-order valence-corrected chi connectivity index (χ3v) is 5.06. The maximum Gasteiger partial charge on any atom is 0.106 e. The van der Waals surface area contributed by atoms with Crippen molar-refractivity contribution in [2.75, 3.05) is 19.7 Å². The minimum Gasteiger partial charge on any atom is -0.386 e. The highest BCUT2D eigenvalue weighted by Crippen LogP contribution is 2.36. The number of benzene rings is 1. The first-order chi connectivity index (χ1) is 10.1. The van der Waals surface area contributed by atoms with E-state index in [2.05, 4.69) is 43.0 Å². The molecular weight excluding hydrogens is 262 g/mol. The van der Waals surface area contributed by atoms with Crippen molar-refractivity contribution in [3.8, 4) is 0 Å². The summed E-state index contributed by atoms with van der Waals surface area (Å²) in [7, 11) is 0. The Morgan fingerprint density at radius 1 is 1.19 bits per heavy atom. The molecule has 21 heavy (non-hydrogen) atoms. The average Bonchev–Trinajstić information content (AvgIpc) is 2.46. The zero-order chi connectivity index (χ0) is 14.8. The Morgan fingerprint density at radius 3 is 2.48 bits per heavy atom. The van der Waals surface area contributed by atoms with E-state index < -0.39 is 6.10 Å². The SMILES string of the molecule is CC(C)N1CCOC(C(O)c2ccc(C3CCC3)cc2)C1. The van der Waals surface area contributed by atoms with Crippen LogP contribution in [0.4, 0.5) is 0 Å². The summed E-state index contributed by atoms with van der Waals surface area (Å²) < 4.78 is 5.79. The summed E-state index contributed by atoms with van der Waals surface area (Å²) in [6.45, 7) is 6.87. The highest BCUT2D eigenvalue weighted by molar-refractivity contribution is 5.28. The summed E-state index contributed by atoms with van der Waals surface area (Å²) in [5, 5.41) is 10.6. The van der Waals surface area contributed by atoms with Crippen molar-refractivity contribution in [2.24, 2.45) is 0 Å². The lowest BCUT2D eigenvalue weighted by Gasteiger charge is -2.37. The van der Waals surface area contributed by atoms with E-state index in [1.807, 2.05) is 0 Å². The second kappa shape index (κ2) is 6.47. The van der Waals surface area contributed by atoms with E-state index in [0.29, 0.717) is 12.6 Å². The van der Waals surface area contributed by atoms with Crippen LogP contribution < -0.4 is 0 Å². The van der Waals surface area contributed by atoms with Gasteiger partial charge in [0, 0.05) is 19.1 Å². The predicted molar refractivity (Wildman–Crippen MR) is 84.4 cm³/mol. The number of ether oxygens (including phenoxy) is 1. The maximum absolute atomic E-state index is 10.6. The minimum absolute atomic E-state index is 0.115. The zero-order valence-electron chi connectivity index (χ0n) is 13.2. The molecule has 1 aromatic rings. The third kappa shape index (κ3) is 3.31. The Hall–Kier alpha value is -0.900. The van der Waals surface area contributed by atoms with Crippen molar-refractivity contribution in [1.29, 1.82) is 0 Å². The Morgan fingerprint density at radius 2 is 1.90 bits per heavy atom. The van der Waals surface area contributed by atoms with Crippen LogP contribution in [0.25, 0.3) is 0 Å². The van der Waals surface area contributed by atoms with Crippen LogP contribution >= 0.6 is 0 Å². The molecule has 3 heteroatoms. The number of aliphatic hydroxyl groups is 1. The van der Waals surface area contributed by atoms with Gasteiger partial charge in [-0.3, -0.25) is 4.90 Å². The van der Waals surface area contributed by atoms with E-state index in [0.717, 1.165) is 24.6 Å². The molecular formula is C18H27NO2. The van der Waals surface area contributed by atoms with Crippen molar-refractivity contribution in [3.05, 3.63) is 35.4 Å². The van der Waals surface area contributed by atoms with Gasteiger partial charge in [-0.25, -0.2) is 0 Å². The van der Waals surface area contributed by atoms with Gasteiger partial charge in [0.15, 0.2) is 0 Å². The van der Waals surface area contributed by atoms with Gasteiger partial charge in [-0.15, -0.1) is 0 Å². The Labute approximate surface area is 127 Å². The van der Waals surface area contributed by atoms with Crippen LogP contribution in [-0.4, -0.2) is 41.8 Å². The summed E-state index contributed by atoms with van der Waals surface area (Å²) in [6, 6.07) is 9.03. The lowest BCUT2D eigenvalue weighted by atomic mass is 9.80. The van der Waals surface area contributed by atoms with Crippen LogP contribution in [0.3, 0.4) is 0 Å². The van der Waals surface area contributed by atoms with Crippen molar-refractivity contribution in [3.63, 3.8) is 0 Å². The average molecular weight is 289 g/mol. The van der Waals surface area contributed by atoms with Crippen LogP contribution in [0.1, 0.15) is 56.3 Å². The summed E-state index contributed by atoms with van der Waals surface area (Å²) >= 11 is 0. The van der Waals surface area contributed by atoms with Crippen LogP contribution in [-0.2, 0) is 4.74 Å². The number of nitrogens with zero attached hydrogens (tertiary/aromatic N) is 1. The summed E-state index contributed by atoms with van der Waals surface area (Å²) in [6.07, 6.45) is 3.35. The quantitative estimate of drug-likeness (QED) is 0.924. The molecule has 0 aromatic heterocycles. The largest absolute Gasteiger partial charge is 0.386 e. The number of hydrogen-bond donors (Lipinski definition) is 1. The number of morpholine rings is 1. The molecule has 1 aromatic carbocycles. The molecule has 3 nitrogen and oxygen atoms in total. The van der Waals surface area contributed by atoms with Crippen molar-refractivity contribution >= 4 is 0 Å². The molecule has 2 atom stereocenters. The zero-order valence-corrected chi connectivity index (χ0v) is 13.2. The molecule has 1 N–H and O–H groups in total. The van der Waals surface area contributed by atoms with Crippen molar-refractivity contribution in [1.82, 2.24) is 4.90 Å². The number of rotatable bonds is 4. The third-order valence-electron chi connectivity index (χ3n) is 5.06. The van der Waals surface area contributed by atoms with Gasteiger partial charge in [-0.2, -0.15) is 0 Å². The first kappa shape index (κ1) is 15.0. The molecule has 1 saturated carbocycles. The molecule has 2 aliphatic rings. The number of hydrogen-bond acceptors (Lipinski definition) is 3. The van der Waals surface area contributed by atoms with Gasteiger partial charge in [0.25, 0.3) is 0 Å². The molecule has 0 radical (unpaired) electrons. The van der Waals surface area contributed by atoms with Gasteiger partial charge in [-0.05, 0) is 43.7 Å². The van der Waals surface area contributed by atoms with Crippen LogP contribution in [0.5, 0.6) is 0 Å². The first-order valence-corrected chi connectivity index (χ1v) is 8.28. The lowest BCUT2D eigenvalue weighted by Crippen LogP contribution is -2.47. The van der Waals surface area contributed by atoms with E-state index in [4.69, 9.17) is 4.74 Å². The highest BCUT2D eigenvalue weighted by atomic mass is 16.5. The molecule has 2 unspecified atom stereocenters. The normalized spacial score (nSPS) is 25.8. The fourth-order valence-corrected chi connectivity index (χ4v) is 3.28. The molecule has 1 aliphatic carbocycles. The highest BCUT2D eigenvalue weighted by Gasteiger charge is 2.29. The monoisotopic (exact) mass is 289 g/mol. The Kier molecular flexibility index (Phi) is 4.63. The topological polar surface area (TPSA) is 32.7 Å². The fraction of sp³-hybridized carbons (Fsp3) is 0.667. The van der Waals surface area contributed by atoms with E-state index in [-0.39, 0.29) is 6.10 Å². The molecule has 1 aliphatic heterocycles. The van der Waals surface area contributed by atoms with Gasteiger partial charge < -0.3 is 9.84 Å². The van der Waals surface area contributed by atoms with Crippen molar-refractivity contribution in [2.45, 2.75) is 57.3 Å². The number of aliphatic hydroxyl groups excluding tert-OH is 1. The molecule has 3 rings (SSSR count). The van der Waals surface area contributed by atoms with Gasteiger partial charge in [0.05, 0.1) is 6.61 Å².